The molecule has 0 saturated carbocycles. The predicted octanol–water partition coefficient (Wildman–Crippen LogP) is -2.33. The van der Waals surface area contributed by atoms with Crippen LogP contribution >= 0.6 is 0 Å². The van der Waals surface area contributed by atoms with Crippen molar-refractivity contribution in [1.82, 2.24) is 68.5 Å². The number of benzene rings is 1. The first kappa shape index (κ1) is 79.5. The van der Waals surface area contributed by atoms with Crippen LogP contribution in [0.4, 0.5) is 0 Å². The molecule has 0 radical (unpaired) electrons. The van der Waals surface area contributed by atoms with Crippen LogP contribution in [0.1, 0.15) is 133 Å². The van der Waals surface area contributed by atoms with E-state index in [1.165, 1.54) is 33.3 Å². The zero-order chi connectivity index (χ0) is 69.9. The lowest BCUT2D eigenvalue weighted by molar-refractivity contribution is -0.144. The molecule has 1 aromatic carbocycles. The van der Waals surface area contributed by atoms with Gasteiger partial charge in [0, 0.05) is 31.2 Å². The fraction of sp³-hybridized carbons (Fsp3) is 0.639. The van der Waals surface area contributed by atoms with Crippen molar-refractivity contribution in [3.63, 3.8) is 0 Å². The van der Waals surface area contributed by atoms with Gasteiger partial charge in [-0.1, -0.05) is 99.6 Å². The minimum atomic E-state index is -1.74. The van der Waals surface area contributed by atoms with E-state index in [9.17, 15) is 77.6 Å². The van der Waals surface area contributed by atoms with E-state index in [1.54, 1.807) is 99.6 Å². The monoisotopic (exact) mass is 1300 g/mol. The molecule has 31 heteroatoms. The Balaban J connectivity index is 2.35. The number of carboxylic acids is 2. The summed E-state index contributed by atoms with van der Waals surface area (Å²) in [7, 11) is 0. The molecule has 1 heterocycles. The Labute approximate surface area is 536 Å². The highest BCUT2D eigenvalue weighted by molar-refractivity contribution is 5.99. The number of aromatic nitrogens is 2. The molecule has 0 bridgehead atoms. The van der Waals surface area contributed by atoms with Gasteiger partial charge in [0.25, 0.3) is 0 Å². The van der Waals surface area contributed by atoms with Crippen LogP contribution in [0.25, 0.3) is 0 Å². The van der Waals surface area contributed by atoms with E-state index >= 15 is 0 Å². The van der Waals surface area contributed by atoms with Gasteiger partial charge in [-0.25, -0.2) is 9.78 Å². The Hall–Kier alpha value is -8.58. The summed E-state index contributed by atoms with van der Waals surface area (Å²) >= 11 is 0. The number of aliphatic hydroxyl groups is 2. The molecule has 0 aliphatic heterocycles. The summed E-state index contributed by atoms with van der Waals surface area (Å²) in [4.78, 5) is 181. The first-order valence-corrected chi connectivity index (χ1v) is 30.8. The van der Waals surface area contributed by atoms with E-state index in [0.717, 1.165) is 0 Å². The second-order valence-corrected chi connectivity index (χ2v) is 25.0. The number of H-pyrrole nitrogens is 1. The highest BCUT2D eigenvalue weighted by Gasteiger charge is 2.38. The Morgan fingerprint density at radius 1 is 0.457 bits per heavy atom. The summed E-state index contributed by atoms with van der Waals surface area (Å²) < 4.78 is 0. The Kier molecular flexibility index (Phi) is 33.7. The average Bonchev–Trinajstić information content (AvgIpc) is 1.12. The van der Waals surface area contributed by atoms with E-state index in [2.05, 4.69) is 68.5 Å². The van der Waals surface area contributed by atoms with Crippen LogP contribution in [0, 0.1) is 29.6 Å². The number of hydrogen-bond donors (Lipinski definition) is 17. The molecule has 2 rings (SSSR count). The van der Waals surface area contributed by atoms with Crippen molar-refractivity contribution in [2.24, 2.45) is 35.3 Å². The number of carbonyl (C=O) groups is 13. The number of carbonyl (C=O) groups excluding carboxylic acids is 11. The Morgan fingerprint density at radius 3 is 1.25 bits per heavy atom. The summed E-state index contributed by atoms with van der Waals surface area (Å²) in [6, 6.07) is -6.71. The van der Waals surface area contributed by atoms with Gasteiger partial charge in [-0.05, 0) is 81.6 Å². The number of nitrogens with zero attached hydrogens (tertiary/aromatic N) is 1. The normalized spacial score (nSPS) is 15.7. The third-order valence-electron chi connectivity index (χ3n) is 14.3. The van der Waals surface area contributed by atoms with Crippen LogP contribution in [-0.2, 0) is 75.2 Å². The van der Waals surface area contributed by atoms with E-state index in [4.69, 9.17) is 10.8 Å². The number of rotatable bonds is 40. The van der Waals surface area contributed by atoms with Crippen molar-refractivity contribution in [3.8, 4) is 0 Å². The molecule has 92 heavy (non-hydrogen) atoms. The zero-order valence-electron chi connectivity index (χ0n) is 54.7. The van der Waals surface area contributed by atoms with E-state index in [0.29, 0.717) is 11.3 Å². The largest absolute Gasteiger partial charge is 0.481 e. The number of amides is 11. The van der Waals surface area contributed by atoms with Crippen LogP contribution < -0.4 is 64.2 Å². The van der Waals surface area contributed by atoms with Crippen LogP contribution in [0.5, 0.6) is 0 Å². The fourth-order valence-corrected chi connectivity index (χ4v) is 9.30. The number of nitrogens with two attached hydrogens (primary N) is 1. The van der Waals surface area contributed by atoms with E-state index < -0.39 is 187 Å². The molecule has 1 aromatic heterocycles. The van der Waals surface area contributed by atoms with Gasteiger partial charge in [0.2, 0.25) is 65.0 Å². The summed E-state index contributed by atoms with van der Waals surface area (Å²) in [6.07, 6.45) is -1.91. The number of aliphatic carboxylic acids is 2. The summed E-state index contributed by atoms with van der Waals surface area (Å²) in [5, 5.41) is 68.0. The van der Waals surface area contributed by atoms with Gasteiger partial charge in [0.1, 0.15) is 60.4 Å². The van der Waals surface area contributed by atoms with E-state index in [1.807, 2.05) is 0 Å². The fourth-order valence-electron chi connectivity index (χ4n) is 9.30. The average molecular weight is 1300 g/mol. The number of imidazole rings is 1. The van der Waals surface area contributed by atoms with Crippen molar-refractivity contribution < 1.29 is 82.8 Å². The van der Waals surface area contributed by atoms with E-state index in [-0.39, 0.29) is 49.9 Å². The number of hydrogen-bond acceptors (Lipinski definition) is 17. The third-order valence-corrected chi connectivity index (χ3v) is 14.3. The van der Waals surface area contributed by atoms with Gasteiger partial charge >= 0.3 is 11.9 Å². The number of aromatic amines is 1. The van der Waals surface area contributed by atoms with Crippen LogP contribution in [0.15, 0.2) is 42.9 Å². The van der Waals surface area contributed by atoms with Crippen molar-refractivity contribution in [1.29, 1.82) is 0 Å². The molecule has 0 saturated heterocycles. The van der Waals surface area contributed by atoms with Crippen molar-refractivity contribution >= 4 is 76.9 Å². The highest BCUT2D eigenvalue weighted by Crippen LogP contribution is 2.15. The minimum absolute atomic E-state index is 0.0119. The molecule has 0 spiro atoms. The molecule has 0 aliphatic carbocycles. The predicted molar refractivity (Wildman–Crippen MR) is 334 cm³/mol. The quantitative estimate of drug-likeness (QED) is 0.0333. The van der Waals surface area contributed by atoms with Crippen LogP contribution in [0.3, 0.4) is 0 Å². The minimum Gasteiger partial charge on any atom is -0.481 e. The molecule has 2 aromatic rings. The Morgan fingerprint density at radius 2 is 0.837 bits per heavy atom. The van der Waals surface area contributed by atoms with Crippen molar-refractivity contribution in [3.05, 3.63) is 54.1 Å². The number of nitrogens with one attached hydrogen (secondary N) is 12. The molecule has 0 aliphatic rings. The summed E-state index contributed by atoms with van der Waals surface area (Å²) in [6.45, 7) is 19.9. The van der Waals surface area contributed by atoms with Gasteiger partial charge in [-0.2, -0.15) is 0 Å². The van der Waals surface area contributed by atoms with Gasteiger partial charge in [-0.15, -0.1) is 0 Å². The van der Waals surface area contributed by atoms with Crippen LogP contribution in [-0.4, -0.2) is 193 Å². The molecule has 0 unspecified atom stereocenters. The smallest absolute Gasteiger partial charge is 0.326 e. The molecule has 31 nitrogen and oxygen atoms in total. The van der Waals surface area contributed by atoms with Gasteiger partial charge in [0.15, 0.2) is 0 Å². The lowest BCUT2D eigenvalue weighted by atomic mass is 9.99. The standard InChI is InChI=1S/C61H98N14O17/c1-29(2)21-40(69-60(90)50(36(13)77)75-56(86)41(22-30(3)4)67-54(84)43(24-37-17-15-14-16-18-37)71-58(88)47(32(7)8)73-51(81)34(11)62)53(83)68-44(25-38-26-63-28-65-38)52(82)64-27-45(78)72-49(35(12)76)59(89)70-42(23-31(5)6)55(85)74-48(33(9)10)57(87)66-39(61(91)92)19-20-46(79)80/h14-18,26,28-36,39-44,47-50,76-77H,19-25,27,62H2,1-13H3,(H,63,65)(H,64,82)(H,66,87)(H,67,84)(H,68,83)(H,69,90)(H,70,89)(H,71,88)(H,72,78)(H,73,81)(H,74,85)(H,75,86)(H,79,80)(H,91,92)/t34-,35+,36+,39-,40-,41-,42-,43-,44-,47-,48-,49-,50-/m0/s1. The topological polar surface area (TPSA) is 490 Å². The van der Waals surface area contributed by atoms with Crippen molar-refractivity contribution in [2.45, 2.75) is 214 Å². The molecule has 11 amide bonds. The SMILES string of the molecule is CC(C)C[C@H](NC(=O)[C@H](Cc1ccccc1)NC(=O)[C@@H](NC(=O)[C@H](C)N)C(C)C)C(=O)N[C@H](C(=O)N[C@@H](CC(C)C)C(=O)N[C@@H](Cc1cnc[nH]1)C(=O)NCC(=O)N[C@H](C(=O)N[C@@H](CC(C)C)C(=O)N[C@H](C(=O)N[C@@H](CCC(=O)O)C(=O)O)C(C)C)[C@@H](C)O)[C@@H](C)O. The third kappa shape index (κ3) is 28.3. The molecular weight excluding hydrogens is 1200 g/mol. The molecule has 13 atom stereocenters. The highest BCUT2D eigenvalue weighted by atomic mass is 16.4. The Bertz CT molecular complexity index is 2800. The van der Waals surface area contributed by atoms with Crippen LogP contribution in [0.2, 0.25) is 0 Å². The molecule has 0 fully saturated rings. The second-order valence-electron chi connectivity index (χ2n) is 25.0. The first-order valence-electron chi connectivity index (χ1n) is 30.8. The molecule has 514 valence electrons. The number of aliphatic hydroxyl groups excluding tert-OH is 2. The lowest BCUT2D eigenvalue weighted by Crippen LogP contribution is -2.62. The maximum absolute atomic E-state index is 14.3. The maximum Gasteiger partial charge on any atom is 0.326 e. The van der Waals surface area contributed by atoms with Gasteiger partial charge < -0.3 is 89.6 Å². The van der Waals surface area contributed by atoms with Gasteiger partial charge in [0.05, 0.1) is 31.1 Å². The number of carboxylic acid groups (broad SMARTS) is 2. The molecular formula is C61H98N14O17. The first-order chi connectivity index (χ1) is 42.9. The van der Waals surface area contributed by atoms with Gasteiger partial charge in [-0.3, -0.25) is 57.5 Å². The molecule has 18 N–H and O–H groups in total. The zero-order valence-corrected chi connectivity index (χ0v) is 54.7. The summed E-state index contributed by atoms with van der Waals surface area (Å²) in [5.41, 5.74) is 6.74. The van der Waals surface area contributed by atoms with Crippen molar-refractivity contribution in [2.75, 3.05) is 6.54 Å². The lowest BCUT2D eigenvalue weighted by Gasteiger charge is -2.29. The second kappa shape index (κ2) is 39.0. The maximum atomic E-state index is 14.3. The summed E-state index contributed by atoms with van der Waals surface area (Å²) in [5.74, 6) is -14.4.